The molecule has 0 unspecified atom stereocenters. The first-order valence-electron chi connectivity index (χ1n) is 2.53. The Morgan fingerprint density at radius 1 is 1.25 bits per heavy atom. The second-order valence-corrected chi connectivity index (χ2v) is 1.73. The van der Waals surface area contributed by atoms with E-state index in [0.29, 0.717) is 0 Å². The summed E-state index contributed by atoms with van der Waals surface area (Å²) in [6, 6.07) is 0. The Bertz CT molecular complexity index is 54.4. The fourth-order valence-electron chi connectivity index (χ4n) is 0.601. The van der Waals surface area contributed by atoms with Gasteiger partial charge < -0.3 is 9.64 Å². The molecule has 1 fully saturated rings. The number of hydrogen-bond donors (Lipinski definition) is 0. The molecule has 1 aliphatic heterocycles. The molecule has 0 aromatic carbocycles. The van der Waals surface area contributed by atoms with Crippen molar-refractivity contribution in [3.05, 3.63) is 7.05 Å². The Balaban J connectivity index is 0.000000490. The van der Waals surface area contributed by atoms with Gasteiger partial charge in [0.25, 0.3) is 0 Å². The van der Waals surface area contributed by atoms with Crippen LogP contribution in [0.4, 0.5) is 0 Å². The molecule has 3 heteroatoms. The van der Waals surface area contributed by atoms with Crippen molar-refractivity contribution in [1.29, 1.82) is 0 Å². The maximum absolute atomic E-state index is 5.06. The van der Waals surface area contributed by atoms with Crippen LogP contribution in [-0.4, -0.2) is 31.2 Å². The van der Waals surface area contributed by atoms with E-state index in [0.717, 1.165) is 26.3 Å². The van der Waals surface area contributed by atoms with Crippen LogP contribution in [0.15, 0.2) is 0 Å². The zero-order chi connectivity index (χ0) is 5.11. The van der Waals surface area contributed by atoms with E-state index in [4.69, 9.17) is 4.74 Å². The SMILES string of the molecule is [CH2-]N1CCOCC1.[Na+]. The van der Waals surface area contributed by atoms with E-state index in [1.54, 1.807) is 0 Å². The summed E-state index contributed by atoms with van der Waals surface area (Å²) >= 11 is 0. The van der Waals surface area contributed by atoms with Crippen molar-refractivity contribution in [3.8, 4) is 0 Å². The van der Waals surface area contributed by atoms with Crippen LogP contribution in [0.1, 0.15) is 0 Å². The topological polar surface area (TPSA) is 12.5 Å². The minimum Gasteiger partial charge on any atom is -0.455 e. The normalized spacial score (nSPS) is 22.1. The molecule has 0 atom stereocenters. The summed E-state index contributed by atoms with van der Waals surface area (Å²) in [6.45, 7) is 3.67. The molecule has 1 rings (SSSR count). The third kappa shape index (κ3) is 3.05. The van der Waals surface area contributed by atoms with Gasteiger partial charge in [-0.3, -0.25) is 7.05 Å². The monoisotopic (exact) mass is 123 g/mol. The first-order chi connectivity index (χ1) is 3.39. The summed E-state index contributed by atoms with van der Waals surface area (Å²) < 4.78 is 5.06. The molecule has 0 aromatic heterocycles. The molecule has 0 amide bonds. The van der Waals surface area contributed by atoms with E-state index in [-0.39, 0.29) is 29.6 Å². The standard InChI is InChI=1S/C5H10NO.Na/c1-6-2-4-7-5-3-6;/h1-5H2;/q-1;+1. The van der Waals surface area contributed by atoms with Crippen LogP contribution in [0.5, 0.6) is 0 Å². The van der Waals surface area contributed by atoms with Gasteiger partial charge in [0.05, 0.1) is 13.2 Å². The van der Waals surface area contributed by atoms with Crippen LogP contribution in [0.3, 0.4) is 0 Å². The summed E-state index contributed by atoms with van der Waals surface area (Å²) in [5, 5.41) is 0. The minimum atomic E-state index is 0. The second kappa shape index (κ2) is 4.77. The molecule has 42 valence electrons. The van der Waals surface area contributed by atoms with E-state index in [1.165, 1.54) is 0 Å². The van der Waals surface area contributed by atoms with Gasteiger partial charge in [-0.25, -0.2) is 0 Å². The van der Waals surface area contributed by atoms with Crippen molar-refractivity contribution in [2.24, 2.45) is 0 Å². The van der Waals surface area contributed by atoms with Gasteiger partial charge >= 0.3 is 29.6 Å². The Hall–Kier alpha value is 0.920. The van der Waals surface area contributed by atoms with E-state index in [1.807, 2.05) is 4.90 Å². The zero-order valence-electron chi connectivity index (χ0n) is 5.39. The van der Waals surface area contributed by atoms with Crippen molar-refractivity contribution in [3.63, 3.8) is 0 Å². The third-order valence-corrected chi connectivity index (χ3v) is 1.10. The van der Waals surface area contributed by atoms with Gasteiger partial charge in [-0.1, -0.05) is 0 Å². The van der Waals surface area contributed by atoms with Crippen LogP contribution in [0.25, 0.3) is 0 Å². The Morgan fingerprint density at radius 2 is 1.75 bits per heavy atom. The predicted molar refractivity (Wildman–Crippen MR) is 27.7 cm³/mol. The van der Waals surface area contributed by atoms with Crippen LogP contribution in [0.2, 0.25) is 0 Å². The van der Waals surface area contributed by atoms with Crippen molar-refractivity contribution in [2.45, 2.75) is 0 Å². The van der Waals surface area contributed by atoms with Crippen molar-refractivity contribution >= 4 is 0 Å². The molecule has 0 bridgehead atoms. The summed E-state index contributed by atoms with van der Waals surface area (Å²) in [5.41, 5.74) is 0. The van der Waals surface area contributed by atoms with E-state index < -0.39 is 0 Å². The largest absolute Gasteiger partial charge is 1.00 e. The van der Waals surface area contributed by atoms with Crippen molar-refractivity contribution < 1.29 is 34.3 Å². The maximum atomic E-state index is 5.06. The van der Waals surface area contributed by atoms with Crippen LogP contribution < -0.4 is 29.6 Å². The van der Waals surface area contributed by atoms with E-state index in [2.05, 4.69) is 7.05 Å². The fourth-order valence-corrected chi connectivity index (χ4v) is 0.601. The van der Waals surface area contributed by atoms with E-state index >= 15 is 0 Å². The molecule has 1 heterocycles. The first kappa shape index (κ1) is 8.92. The first-order valence-corrected chi connectivity index (χ1v) is 2.53. The molecule has 0 saturated carbocycles. The quantitative estimate of drug-likeness (QED) is 0.253. The Morgan fingerprint density at radius 3 is 2.00 bits per heavy atom. The summed E-state index contributed by atoms with van der Waals surface area (Å²) in [7, 11) is 3.75. The van der Waals surface area contributed by atoms with E-state index in [9.17, 15) is 0 Å². The van der Waals surface area contributed by atoms with Gasteiger partial charge in [-0.05, 0) is 13.1 Å². The van der Waals surface area contributed by atoms with Gasteiger partial charge in [0.15, 0.2) is 0 Å². The van der Waals surface area contributed by atoms with Gasteiger partial charge in [0.2, 0.25) is 0 Å². The van der Waals surface area contributed by atoms with Gasteiger partial charge in [-0.15, -0.1) is 0 Å². The van der Waals surface area contributed by atoms with Gasteiger partial charge in [0.1, 0.15) is 0 Å². The molecule has 1 saturated heterocycles. The molecule has 0 N–H and O–H groups in total. The molecule has 0 radical (unpaired) electrons. The van der Waals surface area contributed by atoms with Crippen molar-refractivity contribution in [2.75, 3.05) is 26.3 Å². The zero-order valence-corrected chi connectivity index (χ0v) is 7.39. The number of ether oxygens (including phenoxy) is 1. The number of rotatable bonds is 0. The summed E-state index contributed by atoms with van der Waals surface area (Å²) in [6.07, 6.45) is 0. The number of morpholine rings is 1. The summed E-state index contributed by atoms with van der Waals surface area (Å²) in [4.78, 5) is 2.02. The Labute approximate surface area is 72.5 Å². The van der Waals surface area contributed by atoms with Gasteiger partial charge in [-0.2, -0.15) is 0 Å². The molecule has 8 heavy (non-hydrogen) atoms. The molecular formula is C5H10NNaO. The fraction of sp³-hybridized carbons (Fsp3) is 0.800. The number of nitrogens with zero attached hydrogens (tertiary/aromatic N) is 1. The molecule has 1 aliphatic rings. The van der Waals surface area contributed by atoms with Crippen LogP contribution in [0, 0.1) is 7.05 Å². The molecule has 0 aliphatic carbocycles. The molecule has 0 aromatic rings. The predicted octanol–water partition coefficient (Wildman–Crippen LogP) is -2.89. The maximum Gasteiger partial charge on any atom is 1.00 e. The molecular weight excluding hydrogens is 113 g/mol. The number of hydrogen-bond acceptors (Lipinski definition) is 2. The average Bonchev–Trinajstić information content (AvgIpc) is 1.69. The summed E-state index contributed by atoms with van der Waals surface area (Å²) in [5.74, 6) is 0. The smallest absolute Gasteiger partial charge is 0.455 e. The minimum absolute atomic E-state index is 0. The average molecular weight is 123 g/mol. The molecule has 2 nitrogen and oxygen atoms in total. The van der Waals surface area contributed by atoms with Gasteiger partial charge in [0, 0.05) is 0 Å². The third-order valence-electron chi connectivity index (χ3n) is 1.10. The second-order valence-electron chi connectivity index (χ2n) is 1.73. The Kier molecular flexibility index (Phi) is 5.31. The van der Waals surface area contributed by atoms with Crippen LogP contribution in [-0.2, 0) is 4.74 Å². The van der Waals surface area contributed by atoms with Crippen LogP contribution >= 0.6 is 0 Å². The molecule has 0 spiro atoms. The van der Waals surface area contributed by atoms with Crippen molar-refractivity contribution in [1.82, 2.24) is 4.90 Å².